The van der Waals surface area contributed by atoms with E-state index < -0.39 is 6.29 Å². The summed E-state index contributed by atoms with van der Waals surface area (Å²) < 4.78 is 11.0. The molecule has 130 valence electrons. The minimum absolute atomic E-state index is 0.448. The fourth-order valence-corrected chi connectivity index (χ4v) is 3.72. The molecule has 1 aromatic carbocycles. The smallest absolute Gasteiger partial charge is 0.185 e. The molecule has 0 unspecified atom stereocenters. The van der Waals surface area contributed by atoms with E-state index in [4.69, 9.17) is 21.1 Å². The van der Waals surface area contributed by atoms with Crippen LogP contribution in [-0.2, 0) is 9.47 Å². The summed E-state index contributed by atoms with van der Waals surface area (Å²) in [6.07, 6.45) is 1.67. The third-order valence-corrected chi connectivity index (χ3v) is 4.95. The van der Waals surface area contributed by atoms with Gasteiger partial charge in [0.2, 0.25) is 0 Å². The summed E-state index contributed by atoms with van der Waals surface area (Å²) in [4.78, 5) is 2.25. The number of hydrogen-bond acceptors (Lipinski definition) is 5. The Kier molecular flexibility index (Phi) is 5.62. The number of nitrogens with zero attached hydrogens (tertiary/aromatic N) is 2. The van der Waals surface area contributed by atoms with E-state index in [2.05, 4.69) is 30.1 Å². The number of halogens is 1. The van der Waals surface area contributed by atoms with Gasteiger partial charge in [0.15, 0.2) is 6.29 Å². The first kappa shape index (κ1) is 17.5. The molecule has 1 aromatic rings. The summed E-state index contributed by atoms with van der Waals surface area (Å²) in [5.41, 5.74) is 2.17. The van der Waals surface area contributed by atoms with Crippen molar-refractivity contribution in [3.8, 4) is 6.07 Å². The lowest BCUT2D eigenvalue weighted by Crippen LogP contribution is -2.45. The number of anilines is 1. The lowest BCUT2D eigenvalue weighted by Gasteiger charge is -2.35. The molecule has 0 amide bonds. The molecule has 2 heterocycles. The molecule has 2 aliphatic rings. The van der Waals surface area contributed by atoms with Crippen LogP contribution < -0.4 is 10.2 Å². The average molecular weight is 350 g/mol. The van der Waals surface area contributed by atoms with Crippen LogP contribution in [0.25, 0.3) is 0 Å². The SMILES string of the molecule is CC(C)NC1CCN(c2ccc(C3OCCO3)c(Cl)c2C#N)CC1. The molecule has 24 heavy (non-hydrogen) atoms. The van der Waals surface area contributed by atoms with E-state index in [9.17, 15) is 5.26 Å². The van der Waals surface area contributed by atoms with E-state index in [0.29, 0.717) is 35.9 Å². The Hall–Kier alpha value is -1.32. The van der Waals surface area contributed by atoms with E-state index in [1.165, 1.54) is 0 Å². The van der Waals surface area contributed by atoms with E-state index in [1.54, 1.807) is 0 Å². The number of ether oxygens (including phenoxy) is 2. The number of nitrogens with one attached hydrogen (secondary N) is 1. The van der Waals surface area contributed by atoms with Gasteiger partial charge in [0.05, 0.1) is 29.5 Å². The second-order valence-corrected chi connectivity index (χ2v) is 7.01. The van der Waals surface area contributed by atoms with Crippen molar-refractivity contribution < 1.29 is 9.47 Å². The standard InChI is InChI=1S/C18H24ClN3O2/c1-12(2)21-13-5-7-22(8-6-13)16-4-3-14(17(19)15(16)11-20)18-23-9-10-24-18/h3-4,12-13,18,21H,5-10H2,1-2H3. The normalized spacial score (nSPS) is 19.9. The first-order valence-electron chi connectivity index (χ1n) is 8.57. The van der Waals surface area contributed by atoms with Crippen molar-refractivity contribution in [3.63, 3.8) is 0 Å². The Morgan fingerprint density at radius 3 is 2.50 bits per heavy atom. The second-order valence-electron chi connectivity index (χ2n) is 6.63. The Bertz CT molecular complexity index is 615. The van der Waals surface area contributed by atoms with Crippen molar-refractivity contribution in [3.05, 3.63) is 28.3 Å². The van der Waals surface area contributed by atoms with Crippen LogP contribution >= 0.6 is 11.6 Å². The first-order valence-corrected chi connectivity index (χ1v) is 8.94. The number of rotatable bonds is 4. The van der Waals surface area contributed by atoms with Crippen molar-refractivity contribution in [2.24, 2.45) is 0 Å². The van der Waals surface area contributed by atoms with Crippen LogP contribution in [0.4, 0.5) is 5.69 Å². The summed E-state index contributed by atoms with van der Waals surface area (Å²) in [5, 5.41) is 13.7. The highest BCUT2D eigenvalue weighted by molar-refractivity contribution is 6.33. The van der Waals surface area contributed by atoms with Gasteiger partial charge in [-0.1, -0.05) is 31.5 Å². The van der Waals surface area contributed by atoms with Gasteiger partial charge in [-0.3, -0.25) is 0 Å². The molecule has 0 atom stereocenters. The number of benzene rings is 1. The number of piperidine rings is 1. The van der Waals surface area contributed by atoms with Crippen LogP contribution in [0.1, 0.15) is 44.1 Å². The molecule has 2 aliphatic heterocycles. The zero-order chi connectivity index (χ0) is 17.1. The largest absolute Gasteiger partial charge is 0.370 e. The van der Waals surface area contributed by atoms with Crippen LogP contribution in [0.15, 0.2) is 12.1 Å². The molecule has 3 rings (SSSR count). The van der Waals surface area contributed by atoms with Gasteiger partial charge < -0.3 is 19.7 Å². The first-order chi connectivity index (χ1) is 11.6. The minimum Gasteiger partial charge on any atom is -0.370 e. The fourth-order valence-electron chi connectivity index (χ4n) is 3.43. The molecule has 0 spiro atoms. The minimum atomic E-state index is -0.459. The van der Waals surface area contributed by atoms with Gasteiger partial charge in [0.1, 0.15) is 6.07 Å². The molecule has 2 saturated heterocycles. The maximum Gasteiger partial charge on any atom is 0.185 e. The molecule has 0 radical (unpaired) electrons. The zero-order valence-corrected chi connectivity index (χ0v) is 15.0. The van der Waals surface area contributed by atoms with Crippen molar-refractivity contribution in [2.45, 2.75) is 45.1 Å². The molecule has 0 saturated carbocycles. The topological polar surface area (TPSA) is 57.5 Å². The molecule has 5 nitrogen and oxygen atoms in total. The maximum atomic E-state index is 9.61. The summed E-state index contributed by atoms with van der Waals surface area (Å²) >= 11 is 6.49. The lowest BCUT2D eigenvalue weighted by molar-refractivity contribution is -0.0440. The molecule has 0 aromatic heterocycles. The van der Waals surface area contributed by atoms with Crippen LogP contribution in [-0.4, -0.2) is 38.4 Å². The van der Waals surface area contributed by atoms with Crippen LogP contribution in [0, 0.1) is 11.3 Å². The predicted octanol–water partition coefficient (Wildman–Crippen LogP) is 3.22. The Morgan fingerprint density at radius 1 is 1.25 bits per heavy atom. The van der Waals surface area contributed by atoms with Crippen molar-refractivity contribution in [1.82, 2.24) is 5.32 Å². The predicted molar refractivity (Wildman–Crippen MR) is 94.3 cm³/mol. The molecule has 0 bridgehead atoms. The highest BCUT2D eigenvalue weighted by atomic mass is 35.5. The highest BCUT2D eigenvalue weighted by Crippen LogP contribution is 2.37. The number of nitriles is 1. The van der Waals surface area contributed by atoms with Gasteiger partial charge in [0.25, 0.3) is 0 Å². The van der Waals surface area contributed by atoms with Crippen molar-refractivity contribution in [1.29, 1.82) is 5.26 Å². The van der Waals surface area contributed by atoms with Crippen molar-refractivity contribution >= 4 is 17.3 Å². The van der Waals surface area contributed by atoms with Gasteiger partial charge in [-0.15, -0.1) is 0 Å². The van der Waals surface area contributed by atoms with E-state index in [0.717, 1.165) is 37.2 Å². The van der Waals surface area contributed by atoms with Gasteiger partial charge in [-0.2, -0.15) is 5.26 Å². The third kappa shape index (κ3) is 3.68. The Balaban J connectivity index is 1.77. The van der Waals surface area contributed by atoms with Crippen LogP contribution in [0.5, 0.6) is 0 Å². The summed E-state index contributed by atoms with van der Waals surface area (Å²) in [5.74, 6) is 0. The van der Waals surface area contributed by atoms with E-state index in [1.807, 2.05) is 12.1 Å². The molecule has 2 fully saturated rings. The van der Waals surface area contributed by atoms with Gasteiger partial charge in [-0.05, 0) is 18.9 Å². The molecule has 1 N–H and O–H groups in total. The monoisotopic (exact) mass is 349 g/mol. The number of hydrogen-bond donors (Lipinski definition) is 1. The molecular formula is C18H24ClN3O2. The quantitative estimate of drug-likeness (QED) is 0.904. The summed E-state index contributed by atoms with van der Waals surface area (Å²) in [6.45, 7) is 7.30. The molecular weight excluding hydrogens is 326 g/mol. The second kappa shape index (κ2) is 7.71. The van der Waals surface area contributed by atoms with Gasteiger partial charge in [0, 0.05) is 30.7 Å². The van der Waals surface area contributed by atoms with Gasteiger partial charge >= 0.3 is 0 Å². The van der Waals surface area contributed by atoms with Crippen LogP contribution in [0.2, 0.25) is 5.02 Å². The third-order valence-electron chi connectivity index (χ3n) is 4.54. The van der Waals surface area contributed by atoms with Gasteiger partial charge in [-0.25, -0.2) is 0 Å². The Morgan fingerprint density at radius 2 is 1.92 bits per heavy atom. The fraction of sp³-hybridized carbons (Fsp3) is 0.611. The zero-order valence-electron chi connectivity index (χ0n) is 14.2. The average Bonchev–Trinajstić information content (AvgIpc) is 3.09. The molecule has 6 heteroatoms. The summed E-state index contributed by atoms with van der Waals surface area (Å²) in [7, 11) is 0. The highest BCUT2D eigenvalue weighted by Gasteiger charge is 2.27. The maximum absolute atomic E-state index is 9.61. The Labute approximate surface area is 148 Å². The van der Waals surface area contributed by atoms with Crippen LogP contribution in [0.3, 0.4) is 0 Å². The summed E-state index contributed by atoms with van der Waals surface area (Å²) in [6, 6.07) is 7.20. The lowest BCUT2D eigenvalue weighted by atomic mass is 10.0. The molecule has 0 aliphatic carbocycles. The van der Waals surface area contributed by atoms with E-state index in [-0.39, 0.29) is 0 Å². The van der Waals surface area contributed by atoms with Crippen molar-refractivity contribution in [2.75, 3.05) is 31.2 Å². The van der Waals surface area contributed by atoms with E-state index >= 15 is 0 Å².